The van der Waals surface area contributed by atoms with Crippen molar-refractivity contribution in [2.45, 2.75) is 26.4 Å². The first-order valence-corrected chi connectivity index (χ1v) is 7.60. The summed E-state index contributed by atoms with van der Waals surface area (Å²) in [5.41, 5.74) is 0.476. The van der Waals surface area contributed by atoms with Crippen molar-refractivity contribution in [2.24, 2.45) is 0 Å². The van der Waals surface area contributed by atoms with E-state index in [0.717, 1.165) is 12.8 Å². The van der Waals surface area contributed by atoms with Crippen LogP contribution >= 0.6 is 15.9 Å². The van der Waals surface area contributed by atoms with Gasteiger partial charge < -0.3 is 9.64 Å². The topological polar surface area (TPSA) is 29.5 Å². The molecule has 0 radical (unpaired) electrons. The smallest absolute Gasteiger partial charge is 0.387 e. The molecule has 3 nitrogen and oxygen atoms in total. The van der Waals surface area contributed by atoms with Crippen LogP contribution in [0.3, 0.4) is 0 Å². The maximum atomic E-state index is 12.3. The quantitative estimate of drug-likeness (QED) is 0.665. The Morgan fingerprint density at radius 3 is 2.45 bits per heavy atom. The van der Waals surface area contributed by atoms with Gasteiger partial charge >= 0.3 is 6.61 Å². The Labute approximate surface area is 126 Å². The van der Waals surface area contributed by atoms with E-state index in [4.69, 9.17) is 0 Å². The number of ether oxygens (including phenoxy) is 1. The van der Waals surface area contributed by atoms with E-state index in [2.05, 4.69) is 27.6 Å². The van der Waals surface area contributed by atoms with E-state index in [-0.39, 0.29) is 11.7 Å². The van der Waals surface area contributed by atoms with Crippen LogP contribution < -0.4 is 4.74 Å². The zero-order chi connectivity index (χ0) is 15.0. The van der Waals surface area contributed by atoms with Gasteiger partial charge in [0.1, 0.15) is 5.75 Å². The van der Waals surface area contributed by atoms with Crippen LogP contribution in [0.15, 0.2) is 24.3 Å². The van der Waals surface area contributed by atoms with Crippen LogP contribution in [-0.4, -0.2) is 35.8 Å². The number of amides is 1. The molecule has 0 N–H and O–H groups in total. The highest BCUT2D eigenvalue weighted by molar-refractivity contribution is 9.09. The molecule has 0 aromatic heterocycles. The summed E-state index contributed by atoms with van der Waals surface area (Å²) in [5, 5.41) is 0.703. The molecule has 0 spiro atoms. The molecule has 112 valence electrons. The molecule has 0 aliphatic carbocycles. The van der Waals surface area contributed by atoms with Gasteiger partial charge in [-0.1, -0.05) is 29.3 Å². The van der Waals surface area contributed by atoms with Crippen LogP contribution in [0, 0.1) is 0 Å². The first-order chi connectivity index (χ1) is 9.58. The molecule has 0 aliphatic heterocycles. The minimum Gasteiger partial charge on any atom is -0.435 e. The van der Waals surface area contributed by atoms with Gasteiger partial charge in [0.2, 0.25) is 0 Å². The van der Waals surface area contributed by atoms with Gasteiger partial charge in [0.05, 0.1) is 0 Å². The van der Waals surface area contributed by atoms with E-state index in [9.17, 15) is 13.6 Å². The Morgan fingerprint density at radius 2 is 1.95 bits per heavy atom. The van der Waals surface area contributed by atoms with Crippen molar-refractivity contribution in [1.82, 2.24) is 4.90 Å². The summed E-state index contributed by atoms with van der Waals surface area (Å²) >= 11 is 3.32. The van der Waals surface area contributed by atoms with Crippen LogP contribution in [0.25, 0.3) is 0 Å². The zero-order valence-electron chi connectivity index (χ0n) is 11.3. The number of alkyl halides is 3. The van der Waals surface area contributed by atoms with Gasteiger partial charge in [-0.15, -0.1) is 0 Å². The van der Waals surface area contributed by atoms with Crippen molar-refractivity contribution in [3.8, 4) is 5.75 Å². The molecule has 0 saturated carbocycles. The monoisotopic (exact) mass is 349 g/mol. The maximum Gasteiger partial charge on any atom is 0.387 e. The van der Waals surface area contributed by atoms with E-state index in [1.807, 2.05) is 0 Å². The van der Waals surface area contributed by atoms with Crippen molar-refractivity contribution >= 4 is 21.8 Å². The molecule has 1 aromatic rings. The molecule has 0 heterocycles. The van der Waals surface area contributed by atoms with Crippen molar-refractivity contribution in [1.29, 1.82) is 0 Å². The lowest BCUT2D eigenvalue weighted by Crippen LogP contribution is -2.33. The number of benzene rings is 1. The third-order valence-corrected chi connectivity index (χ3v) is 3.10. The van der Waals surface area contributed by atoms with Gasteiger partial charge in [0.25, 0.3) is 5.91 Å². The number of carbonyl (C=O) groups is 1. The van der Waals surface area contributed by atoms with Crippen molar-refractivity contribution in [3.05, 3.63) is 29.8 Å². The second kappa shape index (κ2) is 8.89. The largest absolute Gasteiger partial charge is 0.435 e. The van der Waals surface area contributed by atoms with Crippen molar-refractivity contribution in [2.75, 3.05) is 18.4 Å². The van der Waals surface area contributed by atoms with Crippen LogP contribution in [0.2, 0.25) is 0 Å². The molecule has 0 atom stereocenters. The zero-order valence-corrected chi connectivity index (χ0v) is 12.9. The predicted octanol–water partition coefficient (Wildman–Crippen LogP) is 3.93. The summed E-state index contributed by atoms with van der Waals surface area (Å²) in [6, 6.07) is 5.78. The van der Waals surface area contributed by atoms with Gasteiger partial charge in [0.15, 0.2) is 0 Å². The fourth-order valence-electron chi connectivity index (χ4n) is 1.73. The molecular weight excluding hydrogens is 332 g/mol. The van der Waals surface area contributed by atoms with Gasteiger partial charge in [-0.05, 0) is 30.7 Å². The first kappa shape index (κ1) is 16.9. The van der Waals surface area contributed by atoms with E-state index < -0.39 is 6.61 Å². The molecule has 6 heteroatoms. The number of carbonyl (C=O) groups excluding carboxylic acids is 1. The summed E-state index contributed by atoms with van der Waals surface area (Å²) in [6.45, 7) is 0.517. The highest BCUT2D eigenvalue weighted by Gasteiger charge is 2.15. The number of nitrogens with zero attached hydrogens (tertiary/aromatic N) is 1. The summed E-state index contributed by atoms with van der Waals surface area (Å²) in [6.07, 6.45) is 1.94. The fourth-order valence-corrected chi connectivity index (χ4v) is 2.16. The van der Waals surface area contributed by atoms with Crippen LogP contribution in [-0.2, 0) is 0 Å². The Kier molecular flexibility index (Phi) is 7.51. The molecule has 0 fully saturated rings. The molecule has 0 aliphatic rings. The van der Waals surface area contributed by atoms with Crippen LogP contribution in [0.4, 0.5) is 8.78 Å². The minimum absolute atomic E-state index is 0.0529. The number of unbranched alkanes of at least 4 members (excludes halogenated alkanes) is 1. The standard InChI is InChI=1S/C14H18BrF2NO2/c1-2-3-9-18(10-8-15)13(19)11-4-6-12(7-5-11)20-14(16)17/h4-7,14H,2-3,8-10H2,1H3. The second-order valence-corrected chi connectivity index (χ2v) is 5.03. The molecule has 20 heavy (non-hydrogen) atoms. The van der Waals surface area contributed by atoms with E-state index >= 15 is 0 Å². The Bertz CT molecular complexity index is 412. The number of rotatable bonds is 8. The van der Waals surface area contributed by atoms with Crippen LogP contribution in [0.1, 0.15) is 30.1 Å². The lowest BCUT2D eigenvalue weighted by molar-refractivity contribution is -0.0498. The Hall–Kier alpha value is -1.17. The third kappa shape index (κ3) is 5.45. The van der Waals surface area contributed by atoms with E-state index in [1.165, 1.54) is 24.3 Å². The van der Waals surface area contributed by atoms with Crippen LogP contribution in [0.5, 0.6) is 5.75 Å². The SMILES string of the molecule is CCCCN(CCBr)C(=O)c1ccc(OC(F)F)cc1. The lowest BCUT2D eigenvalue weighted by atomic mass is 10.2. The molecule has 0 bridgehead atoms. The minimum atomic E-state index is -2.86. The highest BCUT2D eigenvalue weighted by Crippen LogP contribution is 2.16. The van der Waals surface area contributed by atoms with Gasteiger partial charge in [0, 0.05) is 24.0 Å². The number of halogens is 3. The number of hydrogen-bond donors (Lipinski definition) is 0. The molecule has 1 aromatic carbocycles. The summed E-state index contributed by atoms with van der Waals surface area (Å²) in [7, 11) is 0. The highest BCUT2D eigenvalue weighted by atomic mass is 79.9. The number of hydrogen-bond acceptors (Lipinski definition) is 2. The summed E-state index contributed by atoms with van der Waals surface area (Å²) < 4.78 is 28.3. The van der Waals surface area contributed by atoms with Gasteiger partial charge in [-0.2, -0.15) is 8.78 Å². The van der Waals surface area contributed by atoms with Gasteiger partial charge in [-0.25, -0.2) is 0 Å². The molecule has 0 saturated heterocycles. The molecule has 1 amide bonds. The lowest BCUT2D eigenvalue weighted by Gasteiger charge is -2.21. The Balaban J connectivity index is 2.72. The Morgan fingerprint density at radius 1 is 1.30 bits per heavy atom. The summed E-state index contributed by atoms with van der Waals surface area (Å²) in [5.74, 6) is -0.0429. The van der Waals surface area contributed by atoms with Crippen molar-refractivity contribution < 1.29 is 18.3 Å². The predicted molar refractivity (Wildman–Crippen MR) is 77.7 cm³/mol. The molecule has 0 unspecified atom stereocenters. The van der Waals surface area contributed by atoms with Gasteiger partial charge in [-0.3, -0.25) is 4.79 Å². The van der Waals surface area contributed by atoms with Crippen molar-refractivity contribution in [3.63, 3.8) is 0 Å². The summed E-state index contributed by atoms with van der Waals surface area (Å²) in [4.78, 5) is 14.0. The molecule has 1 rings (SSSR count). The normalized spacial score (nSPS) is 10.7. The van der Waals surface area contributed by atoms with E-state index in [0.29, 0.717) is 24.0 Å². The second-order valence-electron chi connectivity index (χ2n) is 4.24. The first-order valence-electron chi connectivity index (χ1n) is 6.48. The average molecular weight is 350 g/mol. The average Bonchev–Trinajstić information content (AvgIpc) is 2.43. The van der Waals surface area contributed by atoms with E-state index in [1.54, 1.807) is 4.90 Å². The fraction of sp³-hybridized carbons (Fsp3) is 0.500. The molecular formula is C14H18BrF2NO2. The maximum absolute atomic E-state index is 12.3. The third-order valence-electron chi connectivity index (χ3n) is 2.75.